The number of aromatic nitrogens is 1. The van der Waals surface area contributed by atoms with Crippen LogP contribution in [0.15, 0.2) is 41.7 Å². The first-order chi connectivity index (χ1) is 8.19. The second kappa shape index (κ2) is 4.61. The number of nitroso groups, excluding NO2 is 1. The Labute approximate surface area is 98.2 Å². The minimum atomic E-state index is 0.394. The van der Waals surface area contributed by atoms with Crippen LogP contribution in [-0.4, -0.2) is 4.98 Å². The van der Waals surface area contributed by atoms with Gasteiger partial charge >= 0.3 is 0 Å². The number of pyridine rings is 1. The van der Waals surface area contributed by atoms with Gasteiger partial charge in [0.25, 0.3) is 0 Å². The summed E-state index contributed by atoms with van der Waals surface area (Å²) in [6.45, 7) is 1.80. The zero-order valence-electron chi connectivity index (χ0n) is 9.25. The molecule has 86 valence electrons. The Morgan fingerprint density at radius 1 is 1.24 bits per heavy atom. The van der Waals surface area contributed by atoms with Crippen LogP contribution in [-0.2, 0) is 0 Å². The molecule has 0 radical (unpaired) electrons. The van der Waals surface area contributed by atoms with E-state index in [1.807, 2.05) is 0 Å². The summed E-state index contributed by atoms with van der Waals surface area (Å²) in [6.07, 6.45) is 1.57. The van der Waals surface area contributed by atoms with E-state index in [1.54, 1.807) is 43.5 Å². The molecule has 0 aliphatic carbocycles. The minimum absolute atomic E-state index is 0.394. The van der Waals surface area contributed by atoms with E-state index in [9.17, 15) is 4.91 Å². The Kier molecular flexibility index (Phi) is 3.00. The topological polar surface area (TPSA) is 77.6 Å². The highest BCUT2D eigenvalue weighted by molar-refractivity contribution is 5.50. The first kappa shape index (κ1) is 11.1. The lowest BCUT2D eigenvalue weighted by molar-refractivity contribution is 0.482. The molecule has 1 aromatic heterocycles. The van der Waals surface area contributed by atoms with Crippen LogP contribution >= 0.6 is 0 Å². The van der Waals surface area contributed by atoms with E-state index < -0.39 is 0 Å². The van der Waals surface area contributed by atoms with Gasteiger partial charge in [0.15, 0.2) is 0 Å². The molecule has 0 unspecified atom stereocenters. The highest BCUT2D eigenvalue weighted by atomic mass is 16.5. The molecule has 2 N–H and O–H groups in total. The van der Waals surface area contributed by atoms with Crippen molar-refractivity contribution in [2.24, 2.45) is 5.18 Å². The predicted octanol–water partition coefficient (Wildman–Crippen LogP) is 3.16. The number of nitrogens with zero attached hydrogens (tertiary/aromatic N) is 2. The fraction of sp³-hybridized carbons (Fsp3) is 0.0833. The van der Waals surface area contributed by atoms with Gasteiger partial charge in [-0.15, -0.1) is 4.91 Å². The molecule has 2 aromatic rings. The summed E-state index contributed by atoms with van der Waals surface area (Å²) in [5.41, 5.74) is 6.71. The fourth-order valence-electron chi connectivity index (χ4n) is 1.42. The summed E-state index contributed by atoms with van der Waals surface area (Å²) in [4.78, 5) is 14.3. The van der Waals surface area contributed by atoms with Crippen LogP contribution in [0.25, 0.3) is 0 Å². The number of nitrogens with two attached hydrogens (primary N) is 1. The van der Waals surface area contributed by atoms with Crippen LogP contribution in [0, 0.1) is 11.8 Å². The highest BCUT2D eigenvalue weighted by Gasteiger charge is 2.02. The molecule has 17 heavy (non-hydrogen) atoms. The van der Waals surface area contributed by atoms with Gasteiger partial charge in [-0.1, -0.05) is 0 Å². The highest BCUT2D eigenvalue weighted by Crippen LogP contribution is 2.27. The summed E-state index contributed by atoms with van der Waals surface area (Å²) in [6, 6.07) is 8.37. The number of aryl methyl sites for hydroxylation is 1. The molecule has 1 aromatic carbocycles. The molecule has 0 saturated heterocycles. The number of nitrogen functional groups attached to an aromatic ring is 1. The van der Waals surface area contributed by atoms with Crippen molar-refractivity contribution in [3.63, 3.8) is 0 Å². The van der Waals surface area contributed by atoms with Gasteiger partial charge in [-0.3, -0.25) is 0 Å². The van der Waals surface area contributed by atoms with Crippen LogP contribution in [0.4, 0.5) is 11.5 Å². The lowest BCUT2D eigenvalue weighted by atomic mass is 10.2. The summed E-state index contributed by atoms with van der Waals surface area (Å²) in [7, 11) is 0. The Bertz CT molecular complexity index is 555. The summed E-state index contributed by atoms with van der Waals surface area (Å²) in [5.74, 6) is 1.62. The number of benzene rings is 1. The molecule has 0 aliphatic rings. The monoisotopic (exact) mass is 229 g/mol. The van der Waals surface area contributed by atoms with Crippen LogP contribution in [0.3, 0.4) is 0 Å². The zero-order valence-corrected chi connectivity index (χ0v) is 9.25. The molecule has 0 amide bonds. The molecule has 0 fully saturated rings. The van der Waals surface area contributed by atoms with Gasteiger partial charge < -0.3 is 10.5 Å². The number of ether oxygens (including phenoxy) is 1. The summed E-state index contributed by atoms with van der Waals surface area (Å²) in [5, 5.41) is 2.90. The molecule has 5 heteroatoms. The van der Waals surface area contributed by atoms with Gasteiger partial charge in [0.05, 0.1) is 0 Å². The van der Waals surface area contributed by atoms with Crippen molar-refractivity contribution in [2.45, 2.75) is 6.92 Å². The first-order valence-corrected chi connectivity index (χ1v) is 5.02. The molecule has 0 aliphatic heterocycles. The molecule has 0 saturated carbocycles. The van der Waals surface area contributed by atoms with Crippen LogP contribution < -0.4 is 10.5 Å². The molecular weight excluding hydrogens is 218 g/mol. The maximum atomic E-state index is 10.4. The molecule has 5 nitrogen and oxygen atoms in total. The number of anilines is 1. The van der Waals surface area contributed by atoms with E-state index in [4.69, 9.17) is 10.5 Å². The second-order valence-electron chi connectivity index (χ2n) is 3.56. The quantitative estimate of drug-likeness (QED) is 0.820. The maximum absolute atomic E-state index is 10.4. The van der Waals surface area contributed by atoms with Crippen LogP contribution in [0.5, 0.6) is 11.5 Å². The number of hydrogen-bond donors (Lipinski definition) is 1. The van der Waals surface area contributed by atoms with Crippen LogP contribution in [0.2, 0.25) is 0 Å². The van der Waals surface area contributed by atoms with Gasteiger partial charge in [-0.2, -0.15) is 0 Å². The maximum Gasteiger partial charge on any atom is 0.132 e. The SMILES string of the molecule is Cc1cc(Oc2ccnc(N)c2)ccc1N=O. The molecule has 0 spiro atoms. The number of hydrogen-bond acceptors (Lipinski definition) is 5. The predicted molar refractivity (Wildman–Crippen MR) is 65.4 cm³/mol. The normalized spacial score (nSPS) is 9.94. The Hall–Kier alpha value is -2.43. The van der Waals surface area contributed by atoms with E-state index in [1.165, 1.54) is 0 Å². The molecule has 1 heterocycles. The zero-order chi connectivity index (χ0) is 12.3. The summed E-state index contributed by atoms with van der Waals surface area (Å²) >= 11 is 0. The third-order valence-electron chi connectivity index (χ3n) is 2.25. The van der Waals surface area contributed by atoms with Gasteiger partial charge in [0, 0.05) is 12.3 Å². The van der Waals surface area contributed by atoms with Crippen molar-refractivity contribution >= 4 is 11.5 Å². The average Bonchev–Trinajstić information content (AvgIpc) is 2.29. The second-order valence-corrected chi connectivity index (χ2v) is 3.56. The molecular formula is C12H11N3O2. The van der Waals surface area contributed by atoms with Crippen molar-refractivity contribution in [1.29, 1.82) is 0 Å². The summed E-state index contributed by atoms with van der Waals surface area (Å²) < 4.78 is 5.58. The van der Waals surface area contributed by atoms with E-state index in [0.29, 0.717) is 23.0 Å². The van der Waals surface area contributed by atoms with Crippen molar-refractivity contribution in [3.8, 4) is 11.5 Å². The lowest BCUT2D eigenvalue weighted by Gasteiger charge is -2.07. The Morgan fingerprint density at radius 3 is 2.65 bits per heavy atom. The molecule has 0 bridgehead atoms. The van der Waals surface area contributed by atoms with Gasteiger partial charge in [-0.25, -0.2) is 4.98 Å². The fourth-order valence-corrected chi connectivity index (χ4v) is 1.42. The van der Waals surface area contributed by atoms with Gasteiger partial charge in [-0.05, 0) is 41.9 Å². The van der Waals surface area contributed by atoms with Crippen molar-refractivity contribution in [3.05, 3.63) is 47.0 Å². The van der Waals surface area contributed by atoms with E-state index in [2.05, 4.69) is 10.2 Å². The third-order valence-corrected chi connectivity index (χ3v) is 2.25. The van der Waals surface area contributed by atoms with Crippen molar-refractivity contribution in [1.82, 2.24) is 4.98 Å². The molecule has 2 rings (SSSR count). The Morgan fingerprint density at radius 2 is 2.00 bits per heavy atom. The minimum Gasteiger partial charge on any atom is -0.457 e. The van der Waals surface area contributed by atoms with Crippen molar-refractivity contribution in [2.75, 3.05) is 5.73 Å². The first-order valence-electron chi connectivity index (χ1n) is 5.02. The van der Waals surface area contributed by atoms with Crippen LogP contribution in [0.1, 0.15) is 5.56 Å². The van der Waals surface area contributed by atoms with Gasteiger partial charge in [0.1, 0.15) is 23.0 Å². The lowest BCUT2D eigenvalue weighted by Crippen LogP contribution is -1.91. The van der Waals surface area contributed by atoms with Crippen molar-refractivity contribution < 1.29 is 4.74 Å². The molecule has 0 atom stereocenters. The standard InChI is InChI=1S/C12H11N3O2/c1-8-6-9(2-3-11(8)15-16)17-10-4-5-14-12(13)7-10/h2-7H,1H3,(H2,13,14). The van der Waals surface area contributed by atoms with Gasteiger partial charge in [0.2, 0.25) is 0 Å². The Balaban J connectivity index is 2.24. The smallest absolute Gasteiger partial charge is 0.132 e. The van der Waals surface area contributed by atoms with E-state index in [-0.39, 0.29) is 0 Å². The number of rotatable bonds is 3. The third kappa shape index (κ3) is 2.57. The average molecular weight is 229 g/mol. The van der Waals surface area contributed by atoms with E-state index >= 15 is 0 Å². The largest absolute Gasteiger partial charge is 0.457 e. The van der Waals surface area contributed by atoms with E-state index in [0.717, 1.165) is 5.56 Å².